The molecule has 0 radical (unpaired) electrons. The average Bonchev–Trinajstić information content (AvgIpc) is 2.97. The first-order chi connectivity index (χ1) is 9.99. The van der Waals surface area contributed by atoms with Crippen LogP contribution in [0.3, 0.4) is 0 Å². The molecule has 1 saturated heterocycles. The molecule has 0 aromatic heterocycles. The van der Waals surface area contributed by atoms with E-state index < -0.39 is 5.97 Å². The number of nitrogens with zero attached hydrogens (tertiary/aromatic N) is 1. The molecule has 0 spiro atoms. The summed E-state index contributed by atoms with van der Waals surface area (Å²) in [5.41, 5.74) is 1.06. The van der Waals surface area contributed by atoms with Crippen LogP contribution in [-0.4, -0.2) is 41.0 Å². The van der Waals surface area contributed by atoms with E-state index in [-0.39, 0.29) is 36.3 Å². The van der Waals surface area contributed by atoms with Gasteiger partial charge in [-0.05, 0) is 32.4 Å². The number of likely N-dealkylation sites (tertiary alicyclic amines) is 1. The maximum Gasteiger partial charge on any atom is 0.307 e. The van der Waals surface area contributed by atoms with E-state index in [2.05, 4.69) is 5.32 Å². The predicted octanol–water partition coefficient (Wildman–Crippen LogP) is 2.08. The lowest BCUT2D eigenvalue weighted by Crippen LogP contribution is -2.45. The van der Waals surface area contributed by atoms with Gasteiger partial charge in [0.15, 0.2) is 0 Å². The Morgan fingerprint density at radius 1 is 1.27 bits per heavy atom. The van der Waals surface area contributed by atoms with Gasteiger partial charge in [0.25, 0.3) is 0 Å². The van der Waals surface area contributed by atoms with Crippen molar-refractivity contribution in [2.45, 2.75) is 32.4 Å². The minimum Gasteiger partial charge on any atom is -0.481 e. The number of hydrogen-bond donors (Lipinski definition) is 2. The summed E-state index contributed by atoms with van der Waals surface area (Å²) in [6.45, 7) is 4.89. The van der Waals surface area contributed by atoms with E-state index in [9.17, 15) is 9.59 Å². The van der Waals surface area contributed by atoms with Gasteiger partial charge >= 0.3 is 5.97 Å². The van der Waals surface area contributed by atoms with Gasteiger partial charge in [0.05, 0.1) is 18.0 Å². The molecule has 5 nitrogen and oxygen atoms in total. The van der Waals surface area contributed by atoms with Crippen molar-refractivity contribution in [3.63, 3.8) is 0 Å². The highest BCUT2D eigenvalue weighted by molar-refractivity contribution is 5.85. The second-order valence-corrected chi connectivity index (χ2v) is 5.64. The van der Waals surface area contributed by atoms with Crippen LogP contribution in [0, 0.1) is 5.92 Å². The Hall–Kier alpha value is -1.59. The van der Waals surface area contributed by atoms with Crippen molar-refractivity contribution >= 4 is 24.3 Å². The summed E-state index contributed by atoms with van der Waals surface area (Å²) in [7, 11) is 0. The molecule has 1 fully saturated rings. The Bertz CT molecular complexity index is 509. The monoisotopic (exact) mass is 326 g/mol. The second-order valence-electron chi connectivity index (χ2n) is 5.64. The van der Waals surface area contributed by atoms with Gasteiger partial charge in [-0.3, -0.25) is 14.5 Å². The number of amides is 1. The SMILES string of the molecule is CC(NC(=O)C(C)N1CCC(C(=O)O)C1)c1ccccc1.Cl. The number of carboxylic acids is 1. The van der Waals surface area contributed by atoms with Crippen molar-refractivity contribution < 1.29 is 14.7 Å². The summed E-state index contributed by atoms with van der Waals surface area (Å²) in [5.74, 6) is -1.19. The lowest BCUT2D eigenvalue weighted by molar-refractivity contribution is -0.141. The maximum atomic E-state index is 12.3. The van der Waals surface area contributed by atoms with Crippen LogP contribution in [0.25, 0.3) is 0 Å². The molecule has 2 N–H and O–H groups in total. The molecular weight excluding hydrogens is 304 g/mol. The Morgan fingerprint density at radius 3 is 2.45 bits per heavy atom. The van der Waals surface area contributed by atoms with E-state index in [0.717, 1.165) is 5.56 Å². The predicted molar refractivity (Wildman–Crippen MR) is 87.0 cm³/mol. The normalized spacial score (nSPS) is 20.7. The first-order valence-corrected chi connectivity index (χ1v) is 7.31. The van der Waals surface area contributed by atoms with Crippen LogP contribution in [0.5, 0.6) is 0 Å². The van der Waals surface area contributed by atoms with Crippen LogP contribution in [0.2, 0.25) is 0 Å². The molecule has 3 atom stereocenters. The van der Waals surface area contributed by atoms with Crippen molar-refractivity contribution in [1.82, 2.24) is 10.2 Å². The second kappa shape index (κ2) is 8.15. The topological polar surface area (TPSA) is 69.6 Å². The molecule has 1 heterocycles. The number of hydrogen-bond acceptors (Lipinski definition) is 3. The van der Waals surface area contributed by atoms with Gasteiger partial charge in [0, 0.05) is 6.54 Å². The standard InChI is InChI=1S/C16H22N2O3.ClH/c1-11(13-6-4-3-5-7-13)17-15(19)12(2)18-9-8-14(10-18)16(20)21;/h3-7,11-12,14H,8-10H2,1-2H3,(H,17,19)(H,20,21);1H. The molecule has 0 saturated carbocycles. The molecule has 6 heteroatoms. The van der Waals surface area contributed by atoms with Gasteiger partial charge in [0.1, 0.15) is 0 Å². The molecule has 1 amide bonds. The molecule has 3 unspecified atom stereocenters. The molecule has 1 aromatic rings. The van der Waals surface area contributed by atoms with Crippen LogP contribution in [0.15, 0.2) is 30.3 Å². The van der Waals surface area contributed by atoms with Crippen molar-refractivity contribution in [1.29, 1.82) is 0 Å². The summed E-state index contributed by atoms with van der Waals surface area (Å²) in [6.07, 6.45) is 0.612. The number of halogens is 1. The zero-order valence-electron chi connectivity index (χ0n) is 12.9. The van der Waals surface area contributed by atoms with E-state index in [1.807, 2.05) is 49.1 Å². The van der Waals surface area contributed by atoms with Gasteiger partial charge in [-0.1, -0.05) is 30.3 Å². The Morgan fingerprint density at radius 2 is 1.91 bits per heavy atom. The quantitative estimate of drug-likeness (QED) is 0.869. The third-order valence-electron chi connectivity index (χ3n) is 4.15. The molecule has 0 aliphatic carbocycles. The van der Waals surface area contributed by atoms with Gasteiger partial charge in [-0.15, -0.1) is 12.4 Å². The summed E-state index contributed by atoms with van der Waals surface area (Å²) in [5, 5.41) is 12.0. The summed E-state index contributed by atoms with van der Waals surface area (Å²) >= 11 is 0. The smallest absolute Gasteiger partial charge is 0.307 e. The Labute approximate surface area is 137 Å². The number of aliphatic carboxylic acids is 1. The highest BCUT2D eigenvalue weighted by Crippen LogP contribution is 2.19. The molecule has 1 aliphatic heterocycles. The van der Waals surface area contributed by atoms with E-state index in [1.54, 1.807) is 0 Å². The van der Waals surface area contributed by atoms with Gasteiger partial charge in [0.2, 0.25) is 5.91 Å². The van der Waals surface area contributed by atoms with E-state index in [1.165, 1.54) is 0 Å². The zero-order chi connectivity index (χ0) is 15.4. The van der Waals surface area contributed by atoms with Crippen LogP contribution >= 0.6 is 12.4 Å². The van der Waals surface area contributed by atoms with E-state index >= 15 is 0 Å². The molecular formula is C16H23ClN2O3. The zero-order valence-corrected chi connectivity index (χ0v) is 13.7. The first-order valence-electron chi connectivity index (χ1n) is 7.31. The minimum absolute atomic E-state index is 0. The third-order valence-corrected chi connectivity index (χ3v) is 4.15. The number of carbonyl (C=O) groups excluding carboxylic acids is 1. The fraction of sp³-hybridized carbons (Fsp3) is 0.500. The first kappa shape index (κ1) is 18.5. The van der Waals surface area contributed by atoms with Crippen molar-refractivity contribution in [2.75, 3.05) is 13.1 Å². The van der Waals surface area contributed by atoms with E-state index in [4.69, 9.17) is 5.11 Å². The third kappa shape index (κ3) is 4.45. The van der Waals surface area contributed by atoms with Gasteiger partial charge in [-0.2, -0.15) is 0 Å². The molecule has 1 aliphatic rings. The molecule has 122 valence electrons. The highest BCUT2D eigenvalue weighted by Gasteiger charge is 2.33. The lowest BCUT2D eigenvalue weighted by Gasteiger charge is -2.25. The van der Waals surface area contributed by atoms with Crippen LogP contribution in [0.1, 0.15) is 31.9 Å². The number of carboxylic acid groups (broad SMARTS) is 1. The van der Waals surface area contributed by atoms with Gasteiger partial charge in [-0.25, -0.2) is 0 Å². The van der Waals surface area contributed by atoms with Crippen LogP contribution < -0.4 is 5.32 Å². The number of carbonyl (C=O) groups is 2. The number of benzene rings is 1. The summed E-state index contributed by atoms with van der Waals surface area (Å²) in [6, 6.07) is 9.42. The summed E-state index contributed by atoms with van der Waals surface area (Å²) < 4.78 is 0. The average molecular weight is 327 g/mol. The number of rotatable bonds is 5. The molecule has 1 aromatic carbocycles. The maximum absolute atomic E-state index is 12.3. The minimum atomic E-state index is -0.775. The molecule has 2 rings (SSSR count). The fourth-order valence-electron chi connectivity index (χ4n) is 2.67. The van der Waals surface area contributed by atoms with Crippen molar-refractivity contribution in [3.05, 3.63) is 35.9 Å². The molecule has 22 heavy (non-hydrogen) atoms. The van der Waals surface area contributed by atoms with Crippen molar-refractivity contribution in [2.24, 2.45) is 5.92 Å². The Kier molecular flexibility index (Phi) is 6.84. The summed E-state index contributed by atoms with van der Waals surface area (Å²) in [4.78, 5) is 25.2. The van der Waals surface area contributed by atoms with Crippen LogP contribution in [-0.2, 0) is 9.59 Å². The largest absolute Gasteiger partial charge is 0.481 e. The molecule has 0 bridgehead atoms. The van der Waals surface area contributed by atoms with Crippen molar-refractivity contribution in [3.8, 4) is 0 Å². The highest BCUT2D eigenvalue weighted by atomic mass is 35.5. The van der Waals surface area contributed by atoms with E-state index in [0.29, 0.717) is 19.5 Å². The van der Waals surface area contributed by atoms with Gasteiger partial charge < -0.3 is 10.4 Å². The van der Waals surface area contributed by atoms with Crippen LogP contribution in [0.4, 0.5) is 0 Å². The Balaban J connectivity index is 0.00000242. The number of nitrogens with one attached hydrogen (secondary N) is 1. The fourth-order valence-corrected chi connectivity index (χ4v) is 2.67. The lowest BCUT2D eigenvalue weighted by atomic mass is 10.1.